The first-order valence-electron chi connectivity index (χ1n) is 20.7. The van der Waals surface area contributed by atoms with Crippen LogP contribution < -0.4 is 0 Å². The first-order chi connectivity index (χ1) is 28.8. The zero-order valence-electron chi connectivity index (χ0n) is 32.3. The van der Waals surface area contributed by atoms with E-state index in [1.807, 2.05) is 0 Å². The maximum Gasteiger partial charge on any atom is 0.0558 e. The van der Waals surface area contributed by atoms with Gasteiger partial charge in [-0.15, -0.1) is 0 Å². The van der Waals surface area contributed by atoms with Gasteiger partial charge in [0.05, 0.1) is 27.8 Å². The van der Waals surface area contributed by atoms with E-state index in [1.54, 1.807) is 5.56 Å². The summed E-state index contributed by atoms with van der Waals surface area (Å²) in [6, 6.07) is 62.4. The number of fused-ring (bicyclic) bond motifs is 9. The van der Waals surface area contributed by atoms with Gasteiger partial charge in [-0.05, 0) is 108 Å². The van der Waals surface area contributed by atoms with E-state index in [9.17, 15) is 0 Å². The lowest BCUT2D eigenvalue weighted by Gasteiger charge is -2.18. The van der Waals surface area contributed by atoms with Gasteiger partial charge < -0.3 is 13.7 Å². The van der Waals surface area contributed by atoms with Crippen molar-refractivity contribution in [3.8, 4) is 33.6 Å². The van der Waals surface area contributed by atoms with Crippen LogP contribution in [0.25, 0.3) is 95.1 Å². The molecule has 0 saturated carbocycles. The van der Waals surface area contributed by atoms with Crippen LogP contribution >= 0.6 is 0 Å². The summed E-state index contributed by atoms with van der Waals surface area (Å²) < 4.78 is 7.54. The Morgan fingerprint density at radius 2 is 1.00 bits per heavy atom. The Kier molecular flexibility index (Phi) is 7.56. The number of hydrogen-bond acceptors (Lipinski definition) is 0. The van der Waals surface area contributed by atoms with Gasteiger partial charge in [-0.25, -0.2) is 0 Å². The third-order valence-electron chi connectivity index (χ3n) is 12.7. The van der Waals surface area contributed by atoms with Crippen molar-refractivity contribution in [2.45, 2.75) is 32.1 Å². The van der Waals surface area contributed by atoms with Gasteiger partial charge in [-0.1, -0.05) is 133 Å². The number of nitrogens with zero attached hydrogens (tertiary/aromatic N) is 3. The predicted octanol–water partition coefficient (Wildman–Crippen LogP) is 14.3. The molecule has 0 unspecified atom stereocenters. The lowest BCUT2D eigenvalue weighted by Crippen LogP contribution is -2.08. The minimum atomic E-state index is 0.886. The molecule has 3 nitrogen and oxygen atoms in total. The third kappa shape index (κ3) is 5.13. The second-order valence-corrected chi connectivity index (χ2v) is 15.9. The van der Waals surface area contributed by atoms with E-state index in [0.717, 1.165) is 24.9 Å². The van der Waals surface area contributed by atoms with Crippen LogP contribution in [0.3, 0.4) is 0 Å². The summed E-state index contributed by atoms with van der Waals surface area (Å²) in [7, 11) is 0. The van der Waals surface area contributed by atoms with E-state index in [4.69, 9.17) is 0 Å². The highest BCUT2D eigenvalue weighted by atomic mass is 15.0. The number of hydrogen-bond donors (Lipinski definition) is 0. The number of para-hydroxylation sites is 3. The molecule has 2 aliphatic carbocycles. The van der Waals surface area contributed by atoms with Crippen LogP contribution in [0, 0.1) is 0 Å². The van der Waals surface area contributed by atoms with Crippen LogP contribution in [0.4, 0.5) is 0 Å². The van der Waals surface area contributed by atoms with Crippen LogP contribution in [0.1, 0.15) is 41.8 Å². The summed E-state index contributed by atoms with van der Waals surface area (Å²) >= 11 is 0. The van der Waals surface area contributed by atoms with Gasteiger partial charge in [0.2, 0.25) is 0 Å². The average molecular weight is 744 g/mol. The standard InChI is InChI=1S/C55H41N3/c1-2-14-37(15-3-1)38-28-30-39(31-29-38)40-16-12-17-41(34-40)56-53-27-11-7-22-48(53)49-35-43(32-33-54(49)56)58-52-26-10-6-21-46(52)47-23-13-18-42(36-55(47)58)57-50-24-8-4-19-44(50)45-20-5-9-25-51(45)57/h1-4,6-8,10-17,19,21-24,26-36H,5,9,18,20,25H2. The molecule has 3 aromatic heterocycles. The third-order valence-corrected chi connectivity index (χ3v) is 12.7. The molecule has 3 heteroatoms. The van der Waals surface area contributed by atoms with Crippen molar-refractivity contribution in [3.05, 3.63) is 198 Å². The molecule has 0 saturated heterocycles. The lowest BCUT2D eigenvalue weighted by molar-refractivity contribution is 0.667. The van der Waals surface area contributed by atoms with Crippen molar-refractivity contribution in [1.29, 1.82) is 0 Å². The summed E-state index contributed by atoms with van der Waals surface area (Å²) in [5.41, 5.74) is 19.1. The Bertz CT molecular complexity index is 3290. The summed E-state index contributed by atoms with van der Waals surface area (Å²) in [4.78, 5) is 0. The smallest absolute Gasteiger partial charge is 0.0558 e. The van der Waals surface area contributed by atoms with Gasteiger partial charge in [0, 0.05) is 56.3 Å². The Morgan fingerprint density at radius 3 is 1.81 bits per heavy atom. The molecular weight excluding hydrogens is 703 g/mol. The molecule has 0 amide bonds. The molecule has 0 spiro atoms. The lowest BCUT2D eigenvalue weighted by atomic mass is 9.95. The highest BCUT2D eigenvalue weighted by Gasteiger charge is 2.24. The number of allylic oxidation sites excluding steroid dienone is 2. The summed E-state index contributed by atoms with van der Waals surface area (Å²) in [6.07, 6.45) is 12.9. The Morgan fingerprint density at radius 1 is 0.397 bits per heavy atom. The van der Waals surface area contributed by atoms with Crippen molar-refractivity contribution in [2.75, 3.05) is 0 Å². The van der Waals surface area contributed by atoms with Gasteiger partial charge >= 0.3 is 0 Å². The molecule has 12 rings (SSSR count). The summed E-state index contributed by atoms with van der Waals surface area (Å²) in [5.74, 6) is 0. The minimum absolute atomic E-state index is 0.886. The SMILES string of the molecule is C1=Cc2c(n(-c3ccc4c(c3)c3ccccc3n4-c3cccc(-c4ccc(-c5ccccc5)cc4)c3)c3ccccc23)C=C(n2c3c(c4ccccc42)CCCC3)C1. The van der Waals surface area contributed by atoms with E-state index in [0.29, 0.717) is 0 Å². The second kappa shape index (κ2) is 13.2. The molecule has 58 heavy (non-hydrogen) atoms. The molecule has 7 aromatic carbocycles. The summed E-state index contributed by atoms with van der Waals surface area (Å²) in [5, 5.41) is 5.19. The van der Waals surface area contributed by atoms with Gasteiger partial charge in [0.25, 0.3) is 0 Å². The van der Waals surface area contributed by atoms with E-state index in [1.165, 1.54) is 107 Å². The first kappa shape index (κ1) is 33.1. The van der Waals surface area contributed by atoms with Crippen LogP contribution in [0.15, 0.2) is 176 Å². The van der Waals surface area contributed by atoms with Crippen LogP contribution in [-0.4, -0.2) is 13.7 Å². The fourth-order valence-corrected chi connectivity index (χ4v) is 10.1. The van der Waals surface area contributed by atoms with E-state index in [2.05, 4.69) is 202 Å². The second-order valence-electron chi connectivity index (χ2n) is 15.9. The van der Waals surface area contributed by atoms with Crippen molar-refractivity contribution < 1.29 is 0 Å². The quantitative estimate of drug-likeness (QED) is 0.167. The average Bonchev–Trinajstić information content (AvgIpc) is 3.85. The monoisotopic (exact) mass is 743 g/mol. The van der Waals surface area contributed by atoms with E-state index in [-0.39, 0.29) is 0 Å². The van der Waals surface area contributed by atoms with E-state index < -0.39 is 0 Å². The minimum Gasteiger partial charge on any atom is -0.317 e. The fourth-order valence-electron chi connectivity index (χ4n) is 10.1. The molecule has 3 heterocycles. The van der Waals surface area contributed by atoms with E-state index >= 15 is 0 Å². The first-order valence-corrected chi connectivity index (χ1v) is 20.7. The van der Waals surface area contributed by atoms with Crippen molar-refractivity contribution in [2.24, 2.45) is 0 Å². The molecule has 276 valence electrons. The zero-order valence-corrected chi connectivity index (χ0v) is 32.3. The molecule has 0 fully saturated rings. The molecule has 0 radical (unpaired) electrons. The molecule has 10 aromatic rings. The number of benzene rings is 7. The molecule has 0 atom stereocenters. The molecular formula is C55H41N3. The van der Waals surface area contributed by atoms with Crippen LogP contribution in [0.2, 0.25) is 0 Å². The van der Waals surface area contributed by atoms with Crippen LogP contribution in [0.5, 0.6) is 0 Å². The van der Waals surface area contributed by atoms with Crippen LogP contribution in [-0.2, 0) is 12.8 Å². The van der Waals surface area contributed by atoms with Crippen molar-refractivity contribution in [1.82, 2.24) is 13.7 Å². The highest BCUT2D eigenvalue weighted by molar-refractivity contribution is 6.10. The van der Waals surface area contributed by atoms with Crippen molar-refractivity contribution in [3.63, 3.8) is 0 Å². The Labute approximate surface area is 338 Å². The maximum absolute atomic E-state index is 2.61. The molecule has 2 aliphatic rings. The summed E-state index contributed by atoms with van der Waals surface area (Å²) in [6.45, 7) is 0. The molecule has 0 bridgehead atoms. The fraction of sp³-hybridized carbons (Fsp3) is 0.0909. The Balaban J connectivity index is 1.02. The highest BCUT2D eigenvalue weighted by Crippen LogP contribution is 2.41. The maximum atomic E-state index is 2.61. The van der Waals surface area contributed by atoms with Gasteiger partial charge in [-0.3, -0.25) is 0 Å². The van der Waals surface area contributed by atoms with Crippen molar-refractivity contribution >= 4 is 61.5 Å². The predicted molar refractivity (Wildman–Crippen MR) is 245 cm³/mol. The largest absolute Gasteiger partial charge is 0.317 e. The normalized spacial score (nSPS) is 13.9. The topological polar surface area (TPSA) is 14.8 Å². The zero-order chi connectivity index (χ0) is 38.2. The number of aryl methyl sites for hydroxylation is 1. The van der Waals surface area contributed by atoms with Gasteiger partial charge in [-0.2, -0.15) is 0 Å². The number of rotatable bonds is 5. The van der Waals surface area contributed by atoms with Gasteiger partial charge in [0.1, 0.15) is 0 Å². The number of aromatic nitrogens is 3. The van der Waals surface area contributed by atoms with Gasteiger partial charge in [0.15, 0.2) is 0 Å². The Hall–Kier alpha value is -7.10. The molecule has 0 aliphatic heterocycles. The molecule has 0 N–H and O–H groups in total.